The van der Waals surface area contributed by atoms with E-state index in [1.165, 1.54) is 30.3 Å². The fraction of sp³-hybridized carbons (Fsp3) is 0.0500. The van der Waals surface area contributed by atoms with Crippen LogP contribution in [0.3, 0.4) is 0 Å². The Kier molecular flexibility index (Phi) is 5.20. The molecule has 30 heavy (non-hydrogen) atoms. The molecule has 0 saturated heterocycles. The predicted molar refractivity (Wildman–Crippen MR) is 106 cm³/mol. The number of non-ortho nitro benzene ring substituents is 1. The van der Waals surface area contributed by atoms with Gasteiger partial charge in [0, 0.05) is 23.8 Å². The minimum Gasteiger partial charge on any atom is -0.454 e. The molecule has 0 fully saturated rings. The molecule has 150 valence electrons. The number of nitro benzene ring substituents is 1. The smallest absolute Gasteiger partial charge is 0.322 e. The molecule has 1 N–H and O–H groups in total. The van der Waals surface area contributed by atoms with E-state index < -0.39 is 10.8 Å². The first-order valence-electron chi connectivity index (χ1n) is 8.72. The van der Waals surface area contributed by atoms with Crippen LogP contribution in [0.5, 0.6) is 11.5 Å². The number of anilines is 1. The zero-order chi connectivity index (χ0) is 20.9. The lowest BCUT2D eigenvalue weighted by atomic mass is 10.2. The highest BCUT2D eigenvalue weighted by atomic mass is 16.7. The van der Waals surface area contributed by atoms with Crippen molar-refractivity contribution in [1.82, 2.24) is 10.2 Å². The Morgan fingerprint density at radius 3 is 2.67 bits per heavy atom. The van der Waals surface area contributed by atoms with Gasteiger partial charge in [-0.2, -0.15) is 0 Å². The number of nitro groups is 1. The van der Waals surface area contributed by atoms with E-state index >= 15 is 0 Å². The van der Waals surface area contributed by atoms with Gasteiger partial charge >= 0.3 is 6.01 Å². The second kappa shape index (κ2) is 8.27. The second-order valence-corrected chi connectivity index (χ2v) is 6.04. The van der Waals surface area contributed by atoms with Crippen LogP contribution in [0.4, 0.5) is 11.7 Å². The van der Waals surface area contributed by atoms with Crippen molar-refractivity contribution in [1.29, 1.82) is 0 Å². The molecule has 0 aliphatic carbocycles. The van der Waals surface area contributed by atoms with Gasteiger partial charge in [-0.25, -0.2) is 0 Å². The molecular formula is C20H14N4O6. The summed E-state index contributed by atoms with van der Waals surface area (Å²) in [6.07, 6.45) is 6.38. The molecule has 0 bridgehead atoms. The number of nitrogens with zero attached hydrogens (tertiary/aromatic N) is 3. The summed E-state index contributed by atoms with van der Waals surface area (Å²) in [5.74, 6) is 1.06. The average molecular weight is 406 g/mol. The van der Waals surface area contributed by atoms with E-state index in [1.54, 1.807) is 12.2 Å². The van der Waals surface area contributed by atoms with E-state index in [9.17, 15) is 14.9 Å². The minimum atomic E-state index is -0.503. The zero-order valence-electron chi connectivity index (χ0n) is 15.3. The number of nitrogens with one attached hydrogen (secondary N) is 1. The summed E-state index contributed by atoms with van der Waals surface area (Å²) < 4.78 is 15.9. The molecule has 0 atom stereocenters. The highest BCUT2D eigenvalue weighted by molar-refractivity contribution is 5.98. The number of allylic oxidation sites excluding steroid dienone is 2. The molecule has 2 aromatic carbocycles. The zero-order valence-corrected chi connectivity index (χ0v) is 15.3. The average Bonchev–Trinajstić information content (AvgIpc) is 3.40. The van der Waals surface area contributed by atoms with Crippen molar-refractivity contribution in [2.24, 2.45) is 0 Å². The third-order valence-electron chi connectivity index (χ3n) is 4.02. The quantitative estimate of drug-likeness (QED) is 0.285. The number of aromatic nitrogens is 2. The predicted octanol–water partition coefficient (Wildman–Crippen LogP) is 3.58. The molecule has 4 rings (SSSR count). The van der Waals surface area contributed by atoms with Crippen LogP contribution in [0.25, 0.3) is 17.5 Å². The molecule has 0 saturated carbocycles. The van der Waals surface area contributed by atoms with Gasteiger partial charge in [0.15, 0.2) is 11.5 Å². The maximum absolute atomic E-state index is 12.0. The number of fused-ring (bicyclic) bond motifs is 1. The summed E-state index contributed by atoms with van der Waals surface area (Å²) in [6.45, 7) is 0.212. The number of amides is 1. The molecule has 3 aromatic rings. The molecule has 0 radical (unpaired) electrons. The molecule has 1 aromatic heterocycles. The van der Waals surface area contributed by atoms with Crippen LogP contribution in [0.2, 0.25) is 0 Å². The van der Waals surface area contributed by atoms with Crippen LogP contribution in [0, 0.1) is 10.1 Å². The Morgan fingerprint density at radius 2 is 1.87 bits per heavy atom. The number of rotatable bonds is 6. The number of hydrogen-bond acceptors (Lipinski definition) is 8. The van der Waals surface area contributed by atoms with Crippen molar-refractivity contribution in [2.45, 2.75) is 0 Å². The van der Waals surface area contributed by atoms with Crippen LogP contribution in [0.15, 0.2) is 65.1 Å². The first-order chi connectivity index (χ1) is 14.6. The Balaban J connectivity index is 1.33. The van der Waals surface area contributed by atoms with Gasteiger partial charge in [0.2, 0.25) is 12.7 Å². The number of benzene rings is 2. The largest absolute Gasteiger partial charge is 0.454 e. The van der Waals surface area contributed by atoms with Crippen LogP contribution in [-0.4, -0.2) is 27.8 Å². The minimum absolute atomic E-state index is 0.0502. The summed E-state index contributed by atoms with van der Waals surface area (Å²) in [7, 11) is 0. The first kappa shape index (κ1) is 18.9. The van der Waals surface area contributed by atoms with Crippen molar-refractivity contribution in [2.75, 3.05) is 12.1 Å². The Bertz CT molecular complexity index is 1150. The Morgan fingerprint density at radius 1 is 1.07 bits per heavy atom. The van der Waals surface area contributed by atoms with E-state index in [-0.39, 0.29) is 24.4 Å². The molecule has 2 heterocycles. The standard InChI is InChI=1S/C20H14N4O6/c25-18(4-2-1-3-13-5-10-16-17(11-13)29-12-28-16)21-20-23-22-19(30-20)14-6-8-15(9-7-14)24(26)27/h1-11H,12H2,(H,21,23,25)/b3-1+,4-2+. The van der Waals surface area contributed by atoms with E-state index in [2.05, 4.69) is 15.5 Å². The molecule has 1 aliphatic heterocycles. The molecule has 1 aliphatic rings. The number of carbonyl (C=O) groups excluding carboxylic acids is 1. The van der Waals surface area contributed by atoms with E-state index in [4.69, 9.17) is 13.9 Å². The molecular weight excluding hydrogens is 392 g/mol. The fourth-order valence-corrected chi connectivity index (χ4v) is 2.59. The lowest BCUT2D eigenvalue weighted by Crippen LogP contribution is -2.07. The third kappa shape index (κ3) is 4.33. The Labute approximate surface area is 169 Å². The number of ether oxygens (including phenoxy) is 2. The summed E-state index contributed by atoms with van der Waals surface area (Å²) in [5, 5.41) is 20.7. The summed E-state index contributed by atoms with van der Waals surface area (Å²) in [4.78, 5) is 22.2. The van der Waals surface area contributed by atoms with Gasteiger partial charge in [-0.05, 0) is 29.8 Å². The summed E-state index contributed by atoms with van der Waals surface area (Å²) in [6, 6.07) is 11.1. The van der Waals surface area contributed by atoms with E-state index in [0.29, 0.717) is 17.1 Å². The molecule has 1 amide bonds. The van der Waals surface area contributed by atoms with Crippen LogP contribution >= 0.6 is 0 Å². The third-order valence-corrected chi connectivity index (χ3v) is 4.02. The second-order valence-electron chi connectivity index (χ2n) is 6.04. The summed E-state index contributed by atoms with van der Waals surface area (Å²) in [5.41, 5.74) is 1.34. The SMILES string of the molecule is O=C(/C=C/C=C/c1ccc2c(c1)OCO2)Nc1nnc(-c2ccc([N+](=O)[O-])cc2)o1. The van der Waals surface area contributed by atoms with Crippen molar-refractivity contribution in [3.8, 4) is 23.0 Å². The number of carbonyl (C=O) groups is 1. The lowest BCUT2D eigenvalue weighted by Gasteiger charge is -1.97. The van der Waals surface area contributed by atoms with E-state index in [1.807, 2.05) is 24.3 Å². The molecule has 0 unspecified atom stereocenters. The van der Waals surface area contributed by atoms with Crippen molar-refractivity contribution in [3.63, 3.8) is 0 Å². The monoisotopic (exact) mass is 406 g/mol. The van der Waals surface area contributed by atoms with Gasteiger partial charge in [0.25, 0.3) is 11.6 Å². The highest BCUT2D eigenvalue weighted by Gasteiger charge is 2.13. The van der Waals surface area contributed by atoms with Gasteiger partial charge in [0.1, 0.15) is 0 Å². The van der Waals surface area contributed by atoms with Gasteiger partial charge < -0.3 is 13.9 Å². The number of hydrogen-bond donors (Lipinski definition) is 1. The molecule has 10 heteroatoms. The van der Waals surface area contributed by atoms with Gasteiger partial charge in [-0.1, -0.05) is 29.4 Å². The summed E-state index contributed by atoms with van der Waals surface area (Å²) >= 11 is 0. The maximum Gasteiger partial charge on any atom is 0.322 e. The van der Waals surface area contributed by atoms with Crippen molar-refractivity contribution >= 4 is 23.7 Å². The van der Waals surface area contributed by atoms with Crippen LogP contribution in [0.1, 0.15) is 5.56 Å². The van der Waals surface area contributed by atoms with Gasteiger partial charge in [-0.15, -0.1) is 5.10 Å². The van der Waals surface area contributed by atoms with Gasteiger partial charge in [0.05, 0.1) is 4.92 Å². The molecule has 10 nitrogen and oxygen atoms in total. The normalized spacial score (nSPS) is 12.5. The van der Waals surface area contributed by atoms with Gasteiger partial charge in [-0.3, -0.25) is 20.2 Å². The van der Waals surface area contributed by atoms with Crippen LogP contribution in [-0.2, 0) is 4.79 Å². The van der Waals surface area contributed by atoms with Crippen molar-refractivity contribution in [3.05, 3.63) is 76.4 Å². The van der Waals surface area contributed by atoms with Crippen molar-refractivity contribution < 1.29 is 23.6 Å². The van der Waals surface area contributed by atoms with E-state index in [0.717, 1.165) is 5.56 Å². The highest BCUT2D eigenvalue weighted by Crippen LogP contribution is 2.32. The fourth-order valence-electron chi connectivity index (χ4n) is 2.59. The topological polar surface area (TPSA) is 130 Å². The maximum atomic E-state index is 12.0. The van der Waals surface area contributed by atoms with Crippen LogP contribution < -0.4 is 14.8 Å². The Hall–Kier alpha value is -4.47. The first-order valence-corrected chi connectivity index (χ1v) is 8.72. The lowest BCUT2D eigenvalue weighted by molar-refractivity contribution is -0.384. The molecule has 0 spiro atoms.